The molecular weight excluding hydrogens is 340 g/mol. The fraction of sp³-hybridized carbons (Fsp3) is 0.762. The van der Waals surface area contributed by atoms with E-state index in [9.17, 15) is 4.79 Å². The summed E-state index contributed by atoms with van der Waals surface area (Å²) in [6.07, 6.45) is 15.0. The maximum absolute atomic E-state index is 12.7. The van der Waals surface area contributed by atoms with Gasteiger partial charge < -0.3 is 15.0 Å². The van der Waals surface area contributed by atoms with Gasteiger partial charge in [-0.15, -0.1) is 0 Å². The van der Waals surface area contributed by atoms with Crippen LogP contribution in [0, 0.1) is 17.8 Å². The first-order chi connectivity index (χ1) is 13.3. The lowest BCUT2D eigenvalue weighted by Gasteiger charge is -2.29. The van der Waals surface area contributed by atoms with E-state index < -0.39 is 0 Å². The first-order valence-corrected chi connectivity index (χ1v) is 10.7. The number of ether oxygens (including phenoxy) is 1. The highest BCUT2D eigenvalue weighted by molar-refractivity contribution is 5.78. The molecule has 27 heavy (non-hydrogen) atoms. The van der Waals surface area contributed by atoms with E-state index in [0.717, 1.165) is 51.1 Å². The van der Waals surface area contributed by atoms with Gasteiger partial charge in [-0.2, -0.15) is 0 Å². The van der Waals surface area contributed by atoms with Gasteiger partial charge in [0.25, 0.3) is 0 Å². The highest BCUT2D eigenvalue weighted by Crippen LogP contribution is 2.55. The summed E-state index contributed by atoms with van der Waals surface area (Å²) in [6, 6.07) is 0. The van der Waals surface area contributed by atoms with Crippen molar-refractivity contribution in [3.8, 4) is 0 Å². The van der Waals surface area contributed by atoms with Gasteiger partial charge in [0.15, 0.2) is 0 Å². The standard InChI is InChI=1S/C21H30N4O2/c26-20(15-5-3-1-2-4-6-15)24-11-16-17-13-25(19-12-22-9-10-23-19)14-21(17)8-7-18(16)27-21/h9-10,12,15-18H,1-8,11,13-14H2,(H,24,26)/t16-,17+,18+,21+/m0/s1. The van der Waals surface area contributed by atoms with Crippen molar-refractivity contribution in [1.29, 1.82) is 0 Å². The predicted octanol–water partition coefficient (Wildman–Crippen LogP) is 2.55. The summed E-state index contributed by atoms with van der Waals surface area (Å²) in [5.41, 5.74) is -0.0418. The Balaban J connectivity index is 1.24. The van der Waals surface area contributed by atoms with Crippen molar-refractivity contribution < 1.29 is 9.53 Å². The summed E-state index contributed by atoms with van der Waals surface area (Å²) in [4.78, 5) is 23.7. The molecule has 6 heteroatoms. The van der Waals surface area contributed by atoms with E-state index >= 15 is 0 Å². The number of anilines is 1. The maximum atomic E-state index is 12.7. The molecule has 6 nitrogen and oxygen atoms in total. The number of nitrogens with zero attached hydrogens (tertiary/aromatic N) is 3. The van der Waals surface area contributed by atoms with E-state index in [1.807, 2.05) is 6.20 Å². The fourth-order valence-electron chi connectivity index (χ4n) is 6.00. The Morgan fingerprint density at radius 3 is 2.85 bits per heavy atom. The zero-order chi connectivity index (χ0) is 18.3. The average Bonchev–Trinajstić information content (AvgIpc) is 3.28. The number of nitrogens with one attached hydrogen (secondary N) is 1. The van der Waals surface area contributed by atoms with Crippen LogP contribution in [-0.4, -0.2) is 47.2 Å². The quantitative estimate of drug-likeness (QED) is 0.825. The minimum atomic E-state index is -0.0418. The number of aromatic nitrogens is 2. The smallest absolute Gasteiger partial charge is 0.223 e. The highest BCUT2D eigenvalue weighted by atomic mass is 16.5. The van der Waals surface area contributed by atoms with Crippen LogP contribution >= 0.6 is 0 Å². The van der Waals surface area contributed by atoms with Crippen LogP contribution in [0.5, 0.6) is 0 Å². The van der Waals surface area contributed by atoms with Crippen LogP contribution < -0.4 is 10.2 Å². The summed E-state index contributed by atoms with van der Waals surface area (Å²) in [5.74, 6) is 2.34. The molecule has 1 N–H and O–H groups in total. The van der Waals surface area contributed by atoms with E-state index in [4.69, 9.17) is 4.74 Å². The zero-order valence-corrected chi connectivity index (χ0v) is 16.0. The lowest BCUT2D eigenvalue weighted by atomic mass is 9.73. The van der Waals surface area contributed by atoms with Gasteiger partial charge >= 0.3 is 0 Å². The largest absolute Gasteiger partial charge is 0.369 e. The molecule has 4 heterocycles. The van der Waals surface area contributed by atoms with E-state index in [1.165, 1.54) is 25.7 Å². The van der Waals surface area contributed by atoms with Gasteiger partial charge in [-0.25, -0.2) is 4.98 Å². The van der Waals surface area contributed by atoms with Crippen LogP contribution in [0.3, 0.4) is 0 Å². The molecule has 2 bridgehead atoms. The molecule has 1 aromatic heterocycles. The van der Waals surface area contributed by atoms with Gasteiger partial charge in [0, 0.05) is 49.8 Å². The lowest BCUT2D eigenvalue weighted by Crippen LogP contribution is -2.43. The molecule has 1 spiro atoms. The average molecular weight is 370 g/mol. The molecule has 4 aliphatic rings. The van der Waals surface area contributed by atoms with Gasteiger partial charge in [0.05, 0.1) is 17.9 Å². The topological polar surface area (TPSA) is 67.4 Å². The van der Waals surface area contributed by atoms with Crippen molar-refractivity contribution in [3.05, 3.63) is 18.6 Å². The molecule has 0 aromatic carbocycles. The molecule has 1 saturated carbocycles. The molecule has 1 aromatic rings. The summed E-state index contributed by atoms with van der Waals surface area (Å²) in [5, 5.41) is 3.31. The minimum Gasteiger partial charge on any atom is -0.369 e. The minimum absolute atomic E-state index is 0.0418. The Morgan fingerprint density at radius 1 is 1.22 bits per heavy atom. The summed E-state index contributed by atoms with van der Waals surface area (Å²) in [7, 11) is 0. The van der Waals surface area contributed by atoms with Gasteiger partial charge in [0.1, 0.15) is 5.82 Å². The Bertz CT molecular complexity index is 676. The molecule has 3 aliphatic heterocycles. The SMILES string of the molecule is O=C(NC[C@H]1[C@H]2CN(c3cnccn3)C[C@]23CC[C@H]1O3)C1CCCCCC1. The Hall–Kier alpha value is -1.69. The van der Waals surface area contributed by atoms with Crippen LogP contribution in [0.4, 0.5) is 5.82 Å². The monoisotopic (exact) mass is 370 g/mol. The van der Waals surface area contributed by atoms with Crippen LogP contribution in [0.2, 0.25) is 0 Å². The molecule has 4 atom stereocenters. The molecule has 4 fully saturated rings. The number of hydrogen-bond donors (Lipinski definition) is 1. The maximum Gasteiger partial charge on any atom is 0.223 e. The van der Waals surface area contributed by atoms with Crippen molar-refractivity contribution in [2.45, 2.75) is 63.1 Å². The van der Waals surface area contributed by atoms with Gasteiger partial charge in [-0.3, -0.25) is 9.78 Å². The van der Waals surface area contributed by atoms with Crippen molar-refractivity contribution in [2.75, 3.05) is 24.5 Å². The normalized spacial score (nSPS) is 35.9. The number of carbonyl (C=O) groups is 1. The second kappa shape index (κ2) is 7.04. The number of hydrogen-bond acceptors (Lipinski definition) is 5. The Labute approximate surface area is 161 Å². The van der Waals surface area contributed by atoms with Crippen LogP contribution in [0.15, 0.2) is 18.6 Å². The van der Waals surface area contributed by atoms with Crippen molar-refractivity contribution >= 4 is 11.7 Å². The van der Waals surface area contributed by atoms with Crippen molar-refractivity contribution in [2.24, 2.45) is 17.8 Å². The van der Waals surface area contributed by atoms with E-state index in [1.54, 1.807) is 12.4 Å². The number of carbonyl (C=O) groups excluding carboxylic acids is 1. The van der Waals surface area contributed by atoms with E-state index in [0.29, 0.717) is 17.9 Å². The first kappa shape index (κ1) is 17.4. The second-order valence-corrected chi connectivity index (χ2v) is 8.91. The fourth-order valence-corrected chi connectivity index (χ4v) is 6.00. The number of amides is 1. The molecule has 0 unspecified atom stereocenters. The Kier molecular flexibility index (Phi) is 4.54. The lowest BCUT2D eigenvalue weighted by molar-refractivity contribution is -0.125. The van der Waals surface area contributed by atoms with Gasteiger partial charge in [-0.05, 0) is 25.7 Å². The summed E-state index contributed by atoms with van der Waals surface area (Å²) >= 11 is 0. The zero-order valence-electron chi connectivity index (χ0n) is 16.0. The number of fused-ring (bicyclic) bond motifs is 1. The van der Waals surface area contributed by atoms with E-state index in [2.05, 4.69) is 20.2 Å². The Morgan fingerprint density at radius 2 is 2.07 bits per heavy atom. The van der Waals surface area contributed by atoms with Gasteiger partial charge in [-0.1, -0.05) is 25.7 Å². The van der Waals surface area contributed by atoms with Crippen LogP contribution in [0.1, 0.15) is 51.4 Å². The van der Waals surface area contributed by atoms with Gasteiger partial charge in [0.2, 0.25) is 5.91 Å². The molecule has 146 valence electrons. The molecular formula is C21H30N4O2. The van der Waals surface area contributed by atoms with E-state index in [-0.39, 0.29) is 17.4 Å². The first-order valence-electron chi connectivity index (χ1n) is 10.7. The molecule has 1 amide bonds. The molecule has 0 radical (unpaired) electrons. The summed E-state index contributed by atoms with van der Waals surface area (Å²) in [6.45, 7) is 2.62. The van der Waals surface area contributed by atoms with Crippen molar-refractivity contribution in [3.63, 3.8) is 0 Å². The molecule has 1 aliphatic carbocycles. The van der Waals surface area contributed by atoms with Crippen LogP contribution in [-0.2, 0) is 9.53 Å². The molecule has 3 saturated heterocycles. The predicted molar refractivity (Wildman–Crippen MR) is 102 cm³/mol. The second-order valence-electron chi connectivity index (χ2n) is 8.91. The third kappa shape index (κ3) is 3.12. The number of rotatable bonds is 4. The third-order valence-electron chi connectivity index (χ3n) is 7.40. The molecule has 5 rings (SSSR count). The van der Waals surface area contributed by atoms with Crippen molar-refractivity contribution in [1.82, 2.24) is 15.3 Å². The highest BCUT2D eigenvalue weighted by Gasteiger charge is 2.63. The van der Waals surface area contributed by atoms with Crippen LogP contribution in [0.25, 0.3) is 0 Å². The third-order valence-corrected chi connectivity index (χ3v) is 7.40. The summed E-state index contributed by atoms with van der Waals surface area (Å²) < 4.78 is 6.50.